The van der Waals surface area contributed by atoms with Crippen molar-refractivity contribution in [1.82, 2.24) is 0 Å². The molecule has 3 heteroatoms. The summed E-state index contributed by atoms with van der Waals surface area (Å²) in [5.41, 5.74) is 1.83. The fourth-order valence-corrected chi connectivity index (χ4v) is 2.12. The molecule has 0 saturated carbocycles. The quantitative estimate of drug-likeness (QED) is 0.875. The molecule has 19 heavy (non-hydrogen) atoms. The molecule has 1 N–H and O–H groups in total. The van der Waals surface area contributed by atoms with E-state index in [0.717, 1.165) is 5.56 Å². The molecule has 1 atom stereocenters. The van der Waals surface area contributed by atoms with Gasteiger partial charge in [0.15, 0.2) is 0 Å². The molecule has 0 heterocycles. The third kappa shape index (κ3) is 3.83. The van der Waals surface area contributed by atoms with Crippen LogP contribution in [-0.2, 0) is 4.79 Å². The van der Waals surface area contributed by atoms with Crippen LogP contribution in [0.25, 0.3) is 0 Å². The number of hydrogen-bond acceptors (Lipinski definition) is 1. The Bertz CT molecular complexity index is 554. The van der Waals surface area contributed by atoms with E-state index in [1.807, 2.05) is 49.4 Å². The fraction of sp³-hybridized carbons (Fsp3) is 0.188. The highest BCUT2D eigenvalue weighted by Gasteiger charge is 2.12. The minimum Gasteiger partial charge on any atom is -0.325 e. The summed E-state index contributed by atoms with van der Waals surface area (Å²) < 4.78 is 0. The van der Waals surface area contributed by atoms with E-state index in [0.29, 0.717) is 17.1 Å². The largest absolute Gasteiger partial charge is 0.325 e. The van der Waals surface area contributed by atoms with Crippen molar-refractivity contribution in [3.8, 4) is 0 Å². The van der Waals surface area contributed by atoms with Crippen molar-refractivity contribution >= 4 is 23.2 Å². The number of carbonyl (C=O) groups excluding carboxylic acids is 1. The Labute approximate surface area is 118 Å². The van der Waals surface area contributed by atoms with Gasteiger partial charge in [-0.1, -0.05) is 61.0 Å². The summed E-state index contributed by atoms with van der Waals surface area (Å²) in [6, 6.07) is 17.3. The molecule has 2 aromatic carbocycles. The lowest BCUT2D eigenvalue weighted by atomic mass is 9.97. The van der Waals surface area contributed by atoms with Gasteiger partial charge in [-0.15, -0.1) is 0 Å². The van der Waals surface area contributed by atoms with E-state index < -0.39 is 0 Å². The lowest BCUT2D eigenvalue weighted by Gasteiger charge is -2.12. The average Bonchev–Trinajstić information content (AvgIpc) is 2.42. The third-order valence-electron chi connectivity index (χ3n) is 3.01. The lowest BCUT2D eigenvalue weighted by molar-refractivity contribution is -0.116. The van der Waals surface area contributed by atoms with Gasteiger partial charge >= 0.3 is 0 Å². The zero-order valence-electron chi connectivity index (χ0n) is 10.8. The van der Waals surface area contributed by atoms with Gasteiger partial charge in [-0.05, 0) is 23.6 Å². The topological polar surface area (TPSA) is 29.1 Å². The van der Waals surface area contributed by atoms with Crippen molar-refractivity contribution in [3.63, 3.8) is 0 Å². The van der Waals surface area contributed by atoms with Crippen LogP contribution in [0, 0.1) is 0 Å². The second-order valence-corrected chi connectivity index (χ2v) is 4.95. The van der Waals surface area contributed by atoms with Gasteiger partial charge in [0.25, 0.3) is 0 Å². The maximum absolute atomic E-state index is 12.0. The number of halogens is 1. The molecule has 0 aliphatic rings. The van der Waals surface area contributed by atoms with Gasteiger partial charge < -0.3 is 5.32 Å². The summed E-state index contributed by atoms with van der Waals surface area (Å²) in [4.78, 5) is 12.0. The van der Waals surface area contributed by atoms with Crippen LogP contribution >= 0.6 is 11.6 Å². The third-order valence-corrected chi connectivity index (χ3v) is 3.34. The van der Waals surface area contributed by atoms with Gasteiger partial charge in [-0.3, -0.25) is 4.79 Å². The number of carbonyl (C=O) groups is 1. The molecule has 0 saturated heterocycles. The van der Waals surface area contributed by atoms with Gasteiger partial charge in [0, 0.05) is 6.42 Å². The van der Waals surface area contributed by atoms with Crippen LogP contribution in [0.2, 0.25) is 5.02 Å². The predicted molar refractivity (Wildman–Crippen MR) is 79.6 cm³/mol. The van der Waals surface area contributed by atoms with E-state index in [2.05, 4.69) is 5.32 Å². The van der Waals surface area contributed by atoms with Gasteiger partial charge in [-0.2, -0.15) is 0 Å². The van der Waals surface area contributed by atoms with Crippen LogP contribution in [0.1, 0.15) is 24.8 Å². The lowest BCUT2D eigenvalue weighted by Crippen LogP contribution is -2.14. The molecule has 2 aromatic rings. The van der Waals surface area contributed by atoms with Crippen LogP contribution < -0.4 is 5.32 Å². The second-order valence-electron chi connectivity index (χ2n) is 4.54. The zero-order chi connectivity index (χ0) is 13.7. The maximum atomic E-state index is 12.0. The average molecular weight is 274 g/mol. The number of hydrogen-bond donors (Lipinski definition) is 1. The summed E-state index contributed by atoms with van der Waals surface area (Å²) in [5.74, 6) is 0.160. The first kappa shape index (κ1) is 13.6. The Hall–Kier alpha value is -1.80. The highest BCUT2D eigenvalue weighted by Crippen LogP contribution is 2.23. The Morgan fingerprint density at radius 2 is 1.74 bits per heavy atom. The number of amides is 1. The normalized spacial score (nSPS) is 11.9. The molecule has 0 aliphatic carbocycles. The van der Waals surface area contributed by atoms with Gasteiger partial charge in [0.1, 0.15) is 0 Å². The van der Waals surface area contributed by atoms with Crippen LogP contribution in [0.3, 0.4) is 0 Å². The molecule has 0 radical (unpaired) electrons. The Kier molecular flexibility index (Phi) is 4.58. The van der Waals surface area contributed by atoms with Crippen molar-refractivity contribution in [3.05, 3.63) is 65.2 Å². The van der Waals surface area contributed by atoms with Crippen LogP contribution in [0.15, 0.2) is 54.6 Å². The van der Waals surface area contributed by atoms with Crippen molar-refractivity contribution in [2.24, 2.45) is 0 Å². The standard InChI is InChI=1S/C16H16ClNO/c1-12(13-7-3-2-4-8-13)11-16(19)18-15-10-6-5-9-14(15)17/h2-10,12H,11H2,1H3,(H,18,19). The Balaban J connectivity index is 1.97. The maximum Gasteiger partial charge on any atom is 0.225 e. The van der Waals surface area contributed by atoms with Crippen molar-refractivity contribution in [1.29, 1.82) is 0 Å². The molecule has 0 aliphatic heterocycles. The first-order valence-electron chi connectivity index (χ1n) is 6.26. The van der Waals surface area contributed by atoms with E-state index in [9.17, 15) is 4.79 Å². The monoisotopic (exact) mass is 273 g/mol. The molecule has 1 unspecified atom stereocenters. The van der Waals surface area contributed by atoms with E-state index in [4.69, 9.17) is 11.6 Å². The van der Waals surface area contributed by atoms with E-state index >= 15 is 0 Å². The molecule has 2 nitrogen and oxygen atoms in total. The Morgan fingerprint density at radius 1 is 1.11 bits per heavy atom. The fourth-order valence-electron chi connectivity index (χ4n) is 1.94. The van der Waals surface area contributed by atoms with E-state index in [-0.39, 0.29) is 11.8 Å². The van der Waals surface area contributed by atoms with Crippen molar-refractivity contribution < 1.29 is 4.79 Å². The molecule has 1 amide bonds. The number of benzene rings is 2. The first-order chi connectivity index (χ1) is 9.16. The highest BCUT2D eigenvalue weighted by molar-refractivity contribution is 6.33. The smallest absolute Gasteiger partial charge is 0.225 e. The van der Waals surface area contributed by atoms with Gasteiger partial charge in [0.2, 0.25) is 5.91 Å². The zero-order valence-corrected chi connectivity index (χ0v) is 11.5. The van der Waals surface area contributed by atoms with Crippen molar-refractivity contribution in [2.45, 2.75) is 19.3 Å². The molecule has 0 bridgehead atoms. The summed E-state index contributed by atoms with van der Waals surface area (Å²) in [5, 5.41) is 3.40. The summed E-state index contributed by atoms with van der Waals surface area (Å²) >= 11 is 6.01. The molecular formula is C16H16ClNO. The highest BCUT2D eigenvalue weighted by atomic mass is 35.5. The number of nitrogens with one attached hydrogen (secondary N) is 1. The molecular weight excluding hydrogens is 258 g/mol. The number of para-hydroxylation sites is 1. The SMILES string of the molecule is CC(CC(=O)Nc1ccccc1Cl)c1ccccc1. The predicted octanol–water partition coefficient (Wildman–Crippen LogP) is 4.47. The van der Waals surface area contributed by atoms with Crippen molar-refractivity contribution in [2.75, 3.05) is 5.32 Å². The molecule has 98 valence electrons. The summed E-state index contributed by atoms with van der Waals surface area (Å²) in [7, 11) is 0. The Morgan fingerprint density at radius 3 is 2.42 bits per heavy atom. The molecule has 0 spiro atoms. The summed E-state index contributed by atoms with van der Waals surface area (Å²) in [6.45, 7) is 2.04. The first-order valence-corrected chi connectivity index (χ1v) is 6.64. The number of rotatable bonds is 4. The van der Waals surface area contributed by atoms with Gasteiger partial charge in [-0.25, -0.2) is 0 Å². The van der Waals surface area contributed by atoms with Crippen LogP contribution in [0.4, 0.5) is 5.69 Å². The molecule has 0 aromatic heterocycles. The minimum atomic E-state index is -0.0237. The van der Waals surface area contributed by atoms with Gasteiger partial charge in [0.05, 0.1) is 10.7 Å². The van der Waals surface area contributed by atoms with E-state index in [1.54, 1.807) is 12.1 Å². The summed E-state index contributed by atoms with van der Waals surface area (Å²) in [6.07, 6.45) is 0.440. The van der Waals surface area contributed by atoms with Crippen LogP contribution in [-0.4, -0.2) is 5.91 Å². The van der Waals surface area contributed by atoms with Crippen LogP contribution in [0.5, 0.6) is 0 Å². The van der Waals surface area contributed by atoms with E-state index in [1.165, 1.54) is 0 Å². The molecule has 0 fully saturated rings. The number of anilines is 1. The molecule has 2 rings (SSSR count). The second kappa shape index (κ2) is 6.39. The minimum absolute atomic E-state index is 0.0237.